The first kappa shape index (κ1) is 23.5. The minimum atomic E-state index is -0.414. The van der Waals surface area contributed by atoms with Gasteiger partial charge >= 0.3 is 0 Å². The summed E-state index contributed by atoms with van der Waals surface area (Å²) in [5.74, 6) is -1.19. The number of piperidine rings is 1. The van der Waals surface area contributed by atoms with Crippen LogP contribution in [0.5, 0.6) is 0 Å². The number of amides is 4. The second-order valence-corrected chi connectivity index (χ2v) is 9.15. The third-order valence-corrected chi connectivity index (χ3v) is 6.71. The zero-order valence-electron chi connectivity index (χ0n) is 19.9. The summed E-state index contributed by atoms with van der Waals surface area (Å²) in [6.45, 7) is 1.77. The van der Waals surface area contributed by atoms with Gasteiger partial charge in [-0.25, -0.2) is 0 Å². The Morgan fingerprint density at radius 1 is 0.750 bits per heavy atom. The van der Waals surface area contributed by atoms with Crippen molar-refractivity contribution in [2.24, 2.45) is 0 Å². The molecule has 2 heterocycles. The molecular weight excluding hydrogens is 454 g/mol. The zero-order chi connectivity index (χ0) is 25.1. The highest BCUT2D eigenvalue weighted by atomic mass is 16.2. The van der Waals surface area contributed by atoms with Crippen molar-refractivity contribution in [3.63, 3.8) is 0 Å². The molecule has 0 aliphatic carbocycles. The van der Waals surface area contributed by atoms with E-state index in [2.05, 4.69) is 5.32 Å². The number of anilines is 1. The smallest absolute Gasteiger partial charge is 0.261 e. The predicted molar refractivity (Wildman–Crippen MR) is 136 cm³/mol. The molecule has 4 amide bonds. The maximum Gasteiger partial charge on any atom is 0.261 e. The third kappa shape index (κ3) is 4.77. The van der Waals surface area contributed by atoms with Gasteiger partial charge in [0.2, 0.25) is 0 Å². The van der Waals surface area contributed by atoms with Gasteiger partial charge in [-0.1, -0.05) is 36.4 Å². The van der Waals surface area contributed by atoms with Crippen molar-refractivity contribution in [2.75, 3.05) is 25.0 Å². The van der Waals surface area contributed by atoms with E-state index in [-0.39, 0.29) is 29.5 Å². The number of likely N-dealkylation sites (tertiary alicyclic amines) is 1. The molecule has 36 heavy (non-hydrogen) atoms. The first-order valence-corrected chi connectivity index (χ1v) is 12.3. The first-order chi connectivity index (χ1) is 17.5. The Morgan fingerprint density at radius 3 is 2.28 bits per heavy atom. The summed E-state index contributed by atoms with van der Waals surface area (Å²) in [4.78, 5) is 54.6. The lowest BCUT2D eigenvalue weighted by atomic mass is 10.0. The number of rotatable bonds is 6. The van der Waals surface area contributed by atoms with E-state index in [1.54, 1.807) is 30.3 Å². The first-order valence-electron chi connectivity index (χ1n) is 12.3. The van der Waals surface area contributed by atoms with E-state index in [0.717, 1.165) is 37.9 Å². The van der Waals surface area contributed by atoms with Crippen molar-refractivity contribution in [2.45, 2.75) is 25.7 Å². The summed E-state index contributed by atoms with van der Waals surface area (Å²) < 4.78 is 0. The van der Waals surface area contributed by atoms with Crippen molar-refractivity contribution in [1.82, 2.24) is 9.80 Å². The Bertz CT molecular complexity index is 1330. The Kier molecular flexibility index (Phi) is 6.62. The van der Waals surface area contributed by atoms with E-state index < -0.39 is 11.8 Å². The van der Waals surface area contributed by atoms with Crippen molar-refractivity contribution in [3.8, 4) is 0 Å². The molecule has 0 saturated carbocycles. The van der Waals surface area contributed by atoms with Gasteiger partial charge < -0.3 is 10.2 Å². The van der Waals surface area contributed by atoms with Crippen LogP contribution in [0, 0.1) is 0 Å². The number of carbonyl (C=O) groups is 4. The van der Waals surface area contributed by atoms with Crippen LogP contribution in [0.25, 0.3) is 0 Å². The maximum absolute atomic E-state index is 13.0. The molecule has 0 spiro atoms. The second-order valence-electron chi connectivity index (χ2n) is 9.15. The maximum atomic E-state index is 13.0. The molecule has 2 aliphatic heterocycles. The minimum absolute atomic E-state index is 0.0389. The summed E-state index contributed by atoms with van der Waals surface area (Å²) in [5.41, 5.74) is 2.87. The van der Waals surface area contributed by atoms with Gasteiger partial charge in [0.1, 0.15) is 0 Å². The average Bonchev–Trinajstić information content (AvgIpc) is 3.16. The van der Waals surface area contributed by atoms with Crippen LogP contribution >= 0.6 is 0 Å². The van der Waals surface area contributed by atoms with Crippen LogP contribution in [0.15, 0.2) is 72.8 Å². The lowest BCUT2D eigenvalue weighted by molar-refractivity contribution is 0.0654. The topological polar surface area (TPSA) is 86.8 Å². The number of carbonyl (C=O) groups excluding carboxylic acids is 4. The Hall–Kier alpha value is -4.26. The zero-order valence-corrected chi connectivity index (χ0v) is 19.9. The van der Waals surface area contributed by atoms with E-state index in [1.807, 2.05) is 35.2 Å². The standard InChI is InChI=1S/C29H27N3O4/c33-26(30-23-11-7-10-22(18-23)27(34)31-15-5-2-6-16-31)21-12-13-24-25(19-21)29(36)32(28(24)35)17-14-20-8-3-1-4-9-20/h1,3-4,7-13,18-19H,2,5-6,14-17H2,(H,30,33). The normalized spacial score (nSPS) is 15.1. The molecule has 1 N–H and O–H groups in total. The quantitative estimate of drug-likeness (QED) is 0.529. The third-order valence-electron chi connectivity index (χ3n) is 6.71. The number of nitrogens with zero attached hydrogens (tertiary/aromatic N) is 2. The van der Waals surface area contributed by atoms with Gasteiger partial charge in [-0.05, 0) is 67.6 Å². The number of nitrogens with one attached hydrogen (secondary N) is 1. The molecule has 0 atom stereocenters. The average molecular weight is 482 g/mol. The lowest BCUT2D eigenvalue weighted by Gasteiger charge is -2.26. The summed E-state index contributed by atoms with van der Waals surface area (Å²) in [6.07, 6.45) is 3.71. The van der Waals surface area contributed by atoms with Crippen molar-refractivity contribution in [3.05, 3.63) is 101 Å². The van der Waals surface area contributed by atoms with Gasteiger partial charge in [0.25, 0.3) is 23.6 Å². The van der Waals surface area contributed by atoms with Crippen molar-refractivity contribution < 1.29 is 19.2 Å². The number of imide groups is 1. The van der Waals surface area contributed by atoms with Crippen LogP contribution in [-0.2, 0) is 6.42 Å². The molecule has 0 unspecified atom stereocenters. The van der Waals surface area contributed by atoms with Gasteiger partial charge in [-0.15, -0.1) is 0 Å². The van der Waals surface area contributed by atoms with Gasteiger partial charge in [0, 0.05) is 36.4 Å². The lowest BCUT2D eigenvalue weighted by Crippen LogP contribution is -2.35. The molecular formula is C29H27N3O4. The Morgan fingerprint density at radius 2 is 1.50 bits per heavy atom. The molecule has 1 fully saturated rings. The second kappa shape index (κ2) is 10.2. The number of hydrogen-bond donors (Lipinski definition) is 1. The summed E-state index contributed by atoms with van der Waals surface area (Å²) in [7, 11) is 0. The van der Waals surface area contributed by atoms with Gasteiger partial charge in [-0.3, -0.25) is 24.1 Å². The number of benzene rings is 3. The van der Waals surface area contributed by atoms with Crippen molar-refractivity contribution >= 4 is 29.3 Å². The van der Waals surface area contributed by atoms with E-state index in [1.165, 1.54) is 17.0 Å². The van der Waals surface area contributed by atoms with Crippen LogP contribution in [0.2, 0.25) is 0 Å². The molecule has 0 radical (unpaired) electrons. The highest BCUT2D eigenvalue weighted by molar-refractivity contribution is 6.22. The van der Waals surface area contributed by atoms with Crippen LogP contribution < -0.4 is 5.32 Å². The van der Waals surface area contributed by atoms with Crippen LogP contribution in [0.1, 0.15) is 66.3 Å². The minimum Gasteiger partial charge on any atom is -0.339 e. The van der Waals surface area contributed by atoms with Crippen LogP contribution in [0.3, 0.4) is 0 Å². The molecule has 7 nitrogen and oxygen atoms in total. The number of hydrogen-bond acceptors (Lipinski definition) is 4. The number of fused-ring (bicyclic) bond motifs is 1. The fraction of sp³-hybridized carbons (Fsp3) is 0.241. The summed E-state index contributed by atoms with van der Waals surface area (Å²) >= 11 is 0. The van der Waals surface area contributed by atoms with Crippen LogP contribution in [-0.4, -0.2) is 53.1 Å². The summed E-state index contributed by atoms with van der Waals surface area (Å²) in [5, 5.41) is 2.81. The fourth-order valence-electron chi connectivity index (χ4n) is 4.73. The highest BCUT2D eigenvalue weighted by Crippen LogP contribution is 2.25. The molecule has 3 aromatic carbocycles. The highest BCUT2D eigenvalue weighted by Gasteiger charge is 2.35. The van der Waals surface area contributed by atoms with E-state index in [0.29, 0.717) is 23.2 Å². The van der Waals surface area contributed by atoms with Gasteiger partial charge in [0.15, 0.2) is 0 Å². The Balaban J connectivity index is 1.28. The van der Waals surface area contributed by atoms with Gasteiger partial charge in [0.05, 0.1) is 11.1 Å². The van der Waals surface area contributed by atoms with E-state index in [9.17, 15) is 19.2 Å². The molecule has 0 aromatic heterocycles. The van der Waals surface area contributed by atoms with Crippen molar-refractivity contribution in [1.29, 1.82) is 0 Å². The summed E-state index contributed by atoms with van der Waals surface area (Å²) in [6, 6.07) is 21.1. The predicted octanol–water partition coefficient (Wildman–Crippen LogP) is 4.40. The molecule has 1 saturated heterocycles. The SMILES string of the molecule is O=C(Nc1cccc(C(=O)N2CCCCC2)c1)c1ccc2c(c1)C(=O)N(CCc1ccccc1)C2=O. The van der Waals surface area contributed by atoms with Crippen LogP contribution in [0.4, 0.5) is 5.69 Å². The molecule has 5 rings (SSSR count). The molecule has 0 bridgehead atoms. The largest absolute Gasteiger partial charge is 0.339 e. The van der Waals surface area contributed by atoms with E-state index >= 15 is 0 Å². The van der Waals surface area contributed by atoms with Gasteiger partial charge in [-0.2, -0.15) is 0 Å². The molecule has 2 aliphatic rings. The molecule has 7 heteroatoms. The Labute approximate surface area is 209 Å². The molecule has 182 valence electrons. The molecule has 3 aromatic rings. The van der Waals surface area contributed by atoms with E-state index in [4.69, 9.17) is 0 Å². The monoisotopic (exact) mass is 481 g/mol. The fourth-order valence-corrected chi connectivity index (χ4v) is 4.73.